The lowest BCUT2D eigenvalue weighted by atomic mass is 9.55. The third kappa shape index (κ3) is 6.35. The van der Waals surface area contributed by atoms with Gasteiger partial charge in [0.2, 0.25) is 0 Å². The maximum absolute atomic E-state index is 12.8. The number of hydrogen-bond acceptors (Lipinski definition) is 9. The second kappa shape index (κ2) is 12.3. The molecule has 0 radical (unpaired) electrons. The molecule has 1 aliphatic carbocycles. The van der Waals surface area contributed by atoms with Crippen LogP contribution in [0.25, 0.3) is 0 Å². The fourth-order valence-corrected chi connectivity index (χ4v) is 7.08. The van der Waals surface area contributed by atoms with Crippen LogP contribution >= 0.6 is 0 Å². The molecule has 0 aromatic rings. The van der Waals surface area contributed by atoms with Crippen LogP contribution in [-0.2, 0) is 33.3 Å². The van der Waals surface area contributed by atoms with Gasteiger partial charge in [0.05, 0.1) is 12.2 Å². The lowest BCUT2D eigenvalue weighted by molar-refractivity contribution is -0.240. The first kappa shape index (κ1) is 31.6. The van der Waals surface area contributed by atoms with Crippen molar-refractivity contribution in [2.45, 2.75) is 136 Å². The van der Waals surface area contributed by atoms with Crippen molar-refractivity contribution in [1.82, 2.24) is 0 Å². The van der Waals surface area contributed by atoms with Crippen LogP contribution in [0.3, 0.4) is 0 Å². The van der Waals surface area contributed by atoms with Gasteiger partial charge < -0.3 is 29.2 Å². The summed E-state index contributed by atoms with van der Waals surface area (Å²) in [7, 11) is 0. The Morgan fingerprint density at radius 1 is 1.10 bits per heavy atom. The van der Waals surface area contributed by atoms with Gasteiger partial charge in [0.15, 0.2) is 6.10 Å². The molecule has 1 saturated carbocycles. The minimum Gasteiger partial charge on any atom is -0.458 e. The molecule has 2 N–H and O–H groups in total. The number of ether oxygens (including phenoxy) is 4. The molecule has 0 unspecified atom stereocenters. The third-order valence-electron chi connectivity index (χ3n) is 8.85. The summed E-state index contributed by atoms with van der Waals surface area (Å²) in [5, 5.41) is 23.1. The number of aliphatic hydroxyl groups excluding tert-OH is 1. The first-order chi connectivity index (χ1) is 18.2. The van der Waals surface area contributed by atoms with Crippen LogP contribution in [0.2, 0.25) is 0 Å². The molecule has 0 spiro atoms. The van der Waals surface area contributed by atoms with E-state index in [1.807, 2.05) is 47.6 Å². The lowest BCUT2D eigenvalue weighted by Gasteiger charge is -2.54. The van der Waals surface area contributed by atoms with Crippen molar-refractivity contribution in [3.8, 4) is 0 Å². The Morgan fingerprint density at radius 3 is 2.28 bits per heavy atom. The Morgan fingerprint density at radius 2 is 1.72 bits per heavy atom. The second-order valence-electron chi connectivity index (χ2n) is 12.4. The highest BCUT2D eigenvalue weighted by Crippen LogP contribution is 2.57. The zero-order valence-electron chi connectivity index (χ0n) is 24.8. The SMILES string of the molecule is CCCC(=O)O[C@H]1[C@H](C(C)C)[C@@H]2[C@@H]([C@H]3/C=C(/C)[C@@H](O)CC[C@@](C)(OC(=O)CCC)[C@@H]2O3)[C@](C)(O)[C@@H]1OC(C)=O. The molecule has 2 bridgehead atoms. The molecule has 3 aliphatic rings. The molecular weight excluding hydrogens is 504 g/mol. The van der Waals surface area contributed by atoms with Gasteiger partial charge in [-0.3, -0.25) is 14.4 Å². The first-order valence-corrected chi connectivity index (χ1v) is 14.5. The Balaban J connectivity index is 2.23. The van der Waals surface area contributed by atoms with Crippen LogP contribution < -0.4 is 0 Å². The summed E-state index contributed by atoms with van der Waals surface area (Å²) in [5.74, 6) is -2.81. The summed E-state index contributed by atoms with van der Waals surface area (Å²) < 4.78 is 24.6. The summed E-state index contributed by atoms with van der Waals surface area (Å²) in [5.41, 5.74) is -2.08. The molecule has 2 fully saturated rings. The topological polar surface area (TPSA) is 129 Å². The van der Waals surface area contributed by atoms with Gasteiger partial charge >= 0.3 is 17.9 Å². The van der Waals surface area contributed by atoms with Crippen LogP contribution in [0.5, 0.6) is 0 Å². The van der Waals surface area contributed by atoms with Crippen LogP contribution in [0.4, 0.5) is 0 Å². The van der Waals surface area contributed by atoms with E-state index in [4.69, 9.17) is 18.9 Å². The minimum atomic E-state index is -1.66. The van der Waals surface area contributed by atoms with Gasteiger partial charge in [-0.05, 0) is 57.9 Å². The average molecular weight is 553 g/mol. The summed E-state index contributed by atoms with van der Waals surface area (Å²) >= 11 is 0. The van der Waals surface area contributed by atoms with Crippen molar-refractivity contribution in [2.75, 3.05) is 0 Å². The fourth-order valence-electron chi connectivity index (χ4n) is 7.08. The van der Waals surface area contributed by atoms with Crippen LogP contribution in [0.15, 0.2) is 11.6 Å². The van der Waals surface area contributed by atoms with Crippen molar-refractivity contribution < 1.29 is 43.5 Å². The van der Waals surface area contributed by atoms with E-state index >= 15 is 0 Å². The lowest BCUT2D eigenvalue weighted by Crippen LogP contribution is -2.68. The Bertz CT molecular complexity index is 941. The number of hydrogen-bond donors (Lipinski definition) is 2. The monoisotopic (exact) mass is 552 g/mol. The highest BCUT2D eigenvalue weighted by molar-refractivity contribution is 5.70. The summed E-state index contributed by atoms with van der Waals surface area (Å²) in [6, 6.07) is 0. The van der Waals surface area contributed by atoms with Gasteiger partial charge in [0.25, 0.3) is 0 Å². The number of esters is 3. The molecule has 10 atom stereocenters. The highest BCUT2D eigenvalue weighted by Gasteiger charge is 2.69. The largest absolute Gasteiger partial charge is 0.458 e. The summed E-state index contributed by atoms with van der Waals surface area (Å²) in [6.07, 6.45) is 0.0609. The Labute approximate surface area is 232 Å². The average Bonchev–Trinajstić information content (AvgIpc) is 3.21. The van der Waals surface area contributed by atoms with E-state index in [-0.39, 0.29) is 30.6 Å². The van der Waals surface area contributed by atoms with Gasteiger partial charge in [0.1, 0.15) is 23.4 Å². The van der Waals surface area contributed by atoms with Crippen molar-refractivity contribution in [1.29, 1.82) is 0 Å². The van der Waals surface area contributed by atoms with Gasteiger partial charge in [-0.15, -0.1) is 0 Å². The number of fused-ring (bicyclic) bond motifs is 5. The molecule has 9 nitrogen and oxygen atoms in total. The van der Waals surface area contributed by atoms with Crippen LogP contribution in [-0.4, -0.2) is 69.8 Å². The zero-order chi connectivity index (χ0) is 29.3. The van der Waals surface area contributed by atoms with Crippen molar-refractivity contribution in [3.05, 3.63) is 11.6 Å². The molecule has 1 saturated heterocycles. The molecule has 0 amide bonds. The number of carbonyl (C=O) groups excluding carboxylic acids is 3. The molecule has 3 rings (SSSR count). The van der Waals surface area contributed by atoms with E-state index in [1.54, 1.807) is 6.92 Å². The van der Waals surface area contributed by atoms with E-state index < -0.39 is 65.5 Å². The highest BCUT2D eigenvalue weighted by atomic mass is 16.6. The van der Waals surface area contributed by atoms with Gasteiger partial charge in [0, 0.05) is 37.5 Å². The second-order valence-corrected chi connectivity index (χ2v) is 12.4. The smallest absolute Gasteiger partial charge is 0.306 e. The quantitative estimate of drug-likeness (QED) is 0.262. The maximum atomic E-state index is 12.8. The zero-order valence-corrected chi connectivity index (χ0v) is 24.8. The first-order valence-electron chi connectivity index (χ1n) is 14.5. The number of carbonyl (C=O) groups is 3. The van der Waals surface area contributed by atoms with Crippen LogP contribution in [0, 0.1) is 23.7 Å². The van der Waals surface area contributed by atoms with Crippen molar-refractivity contribution in [2.24, 2.45) is 23.7 Å². The Kier molecular flexibility index (Phi) is 9.93. The minimum absolute atomic E-state index is 0.0647. The standard InChI is InChI=1S/C30H48O9/c1-9-11-21(33)38-26-23(16(3)4)24-25(30(8,35)28(26)36-18(6)31)20-15-17(5)19(32)13-14-29(7,27(24)37-20)39-22(34)12-10-2/h15-16,19-20,23-28,32,35H,9-14H2,1-8H3/b17-15-/t19-,20+,23+,24+,25+,26-,27+,28+,29+,30-/m0/s1. The van der Waals surface area contributed by atoms with E-state index in [0.717, 1.165) is 0 Å². The van der Waals surface area contributed by atoms with Gasteiger partial charge in [-0.1, -0.05) is 33.8 Å². The number of rotatable bonds is 8. The molecule has 2 aliphatic heterocycles. The van der Waals surface area contributed by atoms with E-state index in [2.05, 4.69) is 0 Å². The molecule has 2 heterocycles. The Hall–Kier alpha value is -1.97. The van der Waals surface area contributed by atoms with Crippen molar-refractivity contribution in [3.63, 3.8) is 0 Å². The number of aliphatic hydroxyl groups is 2. The van der Waals surface area contributed by atoms with E-state index in [0.29, 0.717) is 31.3 Å². The predicted octanol–water partition coefficient (Wildman–Crippen LogP) is 3.87. The van der Waals surface area contributed by atoms with Gasteiger partial charge in [-0.2, -0.15) is 0 Å². The molecule has 222 valence electrons. The molecule has 0 aromatic carbocycles. The predicted molar refractivity (Wildman–Crippen MR) is 143 cm³/mol. The summed E-state index contributed by atoms with van der Waals surface area (Å²) in [6.45, 7) is 14.3. The molecule has 0 aromatic heterocycles. The summed E-state index contributed by atoms with van der Waals surface area (Å²) in [4.78, 5) is 38.0. The fraction of sp³-hybridized carbons (Fsp3) is 0.833. The van der Waals surface area contributed by atoms with Gasteiger partial charge in [-0.25, -0.2) is 0 Å². The third-order valence-corrected chi connectivity index (χ3v) is 8.85. The van der Waals surface area contributed by atoms with E-state index in [1.165, 1.54) is 6.92 Å². The molecule has 9 heteroatoms. The van der Waals surface area contributed by atoms with E-state index in [9.17, 15) is 24.6 Å². The normalized spacial score (nSPS) is 41.4. The van der Waals surface area contributed by atoms with Crippen molar-refractivity contribution >= 4 is 17.9 Å². The molecule has 39 heavy (non-hydrogen) atoms. The maximum Gasteiger partial charge on any atom is 0.306 e. The molecular formula is C30H48O9. The van der Waals surface area contributed by atoms with Crippen LogP contribution in [0.1, 0.15) is 93.9 Å².